The minimum atomic E-state index is -0.370. The standard InChI is InChI=1S/C22H21F2N3O2/c23-17-6-8-18(9-7-17)26-11-13-27(14-12-26)21(28)10-5-16-15-29-25-22(16)19-3-1-2-4-20(19)24/h1-4,6-9,15H,5,10-14H2. The number of amides is 1. The quantitative estimate of drug-likeness (QED) is 0.655. The summed E-state index contributed by atoms with van der Waals surface area (Å²) in [6, 6.07) is 12.8. The van der Waals surface area contributed by atoms with Gasteiger partial charge in [0.05, 0.1) is 0 Å². The summed E-state index contributed by atoms with van der Waals surface area (Å²) in [6.07, 6.45) is 2.21. The Labute approximate surface area is 167 Å². The summed E-state index contributed by atoms with van der Waals surface area (Å²) in [5, 5.41) is 3.91. The molecule has 3 aromatic rings. The van der Waals surface area contributed by atoms with Gasteiger partial charge in [0, 0.05) is 49.4 Å². The zero-order valence-corrected chi connectivity index (χ0v) is 15.9. The molecule has 1 aliphatic heterocycles. The van der Waals surface area contributed by atoms with E-state index in [0.29, 0.717) is 55.8 Å². The van der Waals surface area contributed by atoms with Gasteiger partial charge < -0.3 is 14.3 Å². The van der Waals surface area contributed by atoms with Crippen LogP contribution < -0.4 is 4.90 Å². The Kier molecular flexibility index (Phi) is 5.55. The molecule has 1 saturated heterocycles. The Bertz CT molecular complexity index is 980. The molecule has 2 heterocycles. The fourth-order valence-corrected chi connectivity index (χ4v) is 3.58. The summed E-state index contributed by atoms with van der Waals surface area (Å²) >= 11 is 0. The number of benzene rings is 2. The molecule has 2 aromatic carbocycles. The molecule has 0 N–H and O–H groups in total. The smallest absolute Gasteiger partial charge is 0.223 e. The lowest BCUT2D eigenvalue weighted by atomic mass is 10.0. The van der Waals surface area contributed by atoms with Gasteiger partial charge in [-0.3, -0.25) is 4.79 Å². The molecule has 29 heavy (non-hydrogen) atoms. The maximum atomic E-state index is 14.0. The third-order valence-corrected chi connectivity index (χ3v) is 5.20. The summed E-state index contributed by atoms with van der Waals surface area (Å²) in [4.78, 5) is 16.6. The van der Waals surface area contributed by atoms with E-state index >= 15 is 0 Å². The van der Waals surface area contributed by atoms with Gasteiger partial charge in [-0.2, -0.15) is 0 Å². The van der Waals surface area contributed by atoms with E-state index in [9.17, 15) is 13.6 Å². The minimum absolute atomic E-state index is 0.0458. The number of rotatable bonds is 5. The van der Waals surface area contributed by atoms with Gasteiger partial charge in [0.15, 0.2) is 0 Å². The van der Waals surface area contributed by atoms with Crippen molar-refractivity contribution in [1.82, 2.24) is 10.1 Å². The zero-order valence-electron chi connectivity index (χ0n) is 15.9. The van der Waals surface area contributed by atoms with Crippen LogP contribution in [0.3, 0.4) is 0 Å². The van der Waals surface area contributed by atoms with Crippen LogP contribution in [-0.4, -0.2) is 42.1 Å². The van der Waals surface area contributed by atoms with Crippen molar-refractivity contribution in [2.45, 2.75) is 12.8 Å². The molecule has 0 bridgehead atoms. The highest BCUT2D eigenvalue weighted by Gasteiger charge is 2.22. The van der Waals surface area contributed by atoms with E-state index in [1.807, 2.05) is 4.90 Å². The predicted octanol–water partition coefficient (Wildman–Crippen LogP) is 3.90. The van der Waals surface area contributed by atoms with Crippen molar-refractivity contribution in [1.29, 1.82) is 0 Å². The van der Waals surface area contributed by atoms with Crippen molar-refractivity contribution in [2.75, 3.05) is 31.1 Å². The number of carbonyl (C=O) groups excluding carboxylic acids is 1. The molecule has 0 unspecified atom stereocenters. The molecule has 1 fully saturated rings. The first-order chi connectivity index (χ1) is 14.1. The van der Waals surface area contributed by atoms with Crippen LogP contribution in [0.1, 0.15) is 12.0 Å². The lowest BCUT2D eigenvalue weighted by molar-refractivity contribution is -0.131. The zero-order chi connectivity index (χ0) is 20.2. The second kappa shape index (κ2) is 8.43. The van der Waals surface area contributed by atoms with E-state index in [2.05, 4.69) is 10.1 Å². The molecule has 0 aliphatic carbocycles. The van der Waals surface area contributed by atoms with Crippen molar-refractivity contribution < 1.29 is 18.1 Å². The topological polar surface area (TPSA) is 49.6 Å². The summed E-state index contributed by atoms with van der Waals surface area (Å²) in [5.41, 5.74) is 2.49. The average Bonchev–Trinajstić information content (AvgIpc) is 3.21. The second-order valence-corrected chi connectivity index (χ2v) is 7.01. The molecule has 0 atom stereocenters. The van der Waals surface area contributed by atoms with Gasteiger partial charge in [-0.15, -0.1) is 0 Å². The van der Waals surface area contributed by atoms with E-state index < -0.39 is 0 Å². The first kappa shape index (κ1) is 19.1. The van der Waals surface area contributed by atoms with Gasteiger partial charge in [-0.1, -0.05) is 17.3 Å². The Morgan fingerprint density at radius 1 is 1.00 bits per heavy atom. The molecule has 1 aliphatic rings. The molecular weight excluding hydrogens is 376 g/mol. The summed E-state index contributed by atoms with van der Waals surface area (Å²) in [5.74, 6) is -0.582. The van der Waals surface area contributed by atoms with Crippen molar-refractivity contribution in [3.63, 3.8) is 0 Å². The summed E-state index contributed by atoms with van der Waals surface area (Å²) in [6.45, 7) is 2.62. The Balaban J connectivity index is 1.33. The van der Waals surface area contributed by atoms with Crippen molar-refractivity contribution in [3.8, 4) is 11.3 Å². The minimum Gasteiger partial charge on any atom is -0.368 e. The van der Waals surface area contributed by atoms with Gasteiger partial charge in [-0.25, -0.2) is 8.78 Å². The van der Waals surface area contributed by atoms with Gasteiger partial charge in [0.25, 0.3) is 0 Å². The fourth-order valence-electron chi connectivity index (χ4n) is 3.58. The Morgan fingerprint density at radius 2 is 1.72 bits per heavy atom. The number of aromatic nitrogens is 1. The van der Waals surface area contributed by atoms with Crippen molar-refractivity contribution in [3.05, 3.63) is 72.0 Å². The van der Waals surface area contributed by atoms with Crippen LogP contribution in [0, 0.1) is 11.6 Å². The number of carbonyl (C=O) groups is 1. The van der Waals surface area contributed by atoms with E-state index in [0.717, 1.165) is 5.69 Å². The highest BCUT2D eigenvalue weighted by atomic mass is 19.1. The van der Waals surface area contributed by atoms with E-state index in [1.54, 1.807) is 30.3 Å². The number of anilines is 1. The number of aryl methyl sites for hydroxylation is 1. The SMILES string of the molecule is O=C(CCc1conc1-c1ccccc1F)N1CCN(c2ccc(F)cc2)CC1. The first-order valence-corrected chi connectivity index (χ1v) is 9.58. The van der Waals surface area contributed by atoms with Crippen LogP contribution in [0.4, 0.5) is 14.5 Å². The first-order valence-electron chi connectivity index (χ1n) is 9.58. The van der Waals surface area contributed by atoms with Gasteiger partial charge in [0.2, 0.25) is 5.91 Å². The normalized spacial score (nSPS) is 14.3. The number of piperazine rings is 1. The average molecular weight is 397 g/mol. The van der Waals surface area contributed by atoms with E-state index in [4.69, 9.17) is 4.52 Å². The Hall–Kier alpha value is -3.22. The number of hydrogen-bond acceptors (Lipinski definition) is 4. The largest absolute Gasteiger partial charge is 0.368 e. The summed E-state index contributed by atoms with van der Waals surface area (Å²) in [7, 11) is 0. The molecule has 7 heteroatoms. The monoisotopic (exact) mass is 397 g/mol. The Morgan fingerprint density at radius 3 is 2.45 bits per heavy atom. The molecule has 0 spiro atoms. The third-order valence-electron chi connectivity index (χ3n) is 5.20. The second-order valence-electron chi connectivity index (χ2n) is 7.01. The van der Waals surface area contributed by atoms with E-state index in [1.165, 1.54) is 24.5 Å². The maximum absolute atomic E-state index is 14.0. The molecule has 150 valence electrons. The van der Waals surface area contributed by atoms with Gasteiger partial charge in [0.1, 0.15) is 23.6 Å². The summed E-state index contributed by atoms with van der Waals surface area (Å²) < 4.78 is 32.1. The molecule has 4 rings (SSSR count). The molecule has 0 saturated carbocycles. The molecule has 0 radical (unpaired) electrons. The predicted molar refractivity (Wildman–Crippen MR) is 105 cm³/mol. The van der Waals surface area contributed by atoms with Crippen LogP contribution in [-0.2, 0) is 11.2 Å². The van der Waals surface area contributed by atoms with Crippen LogP contribution in [0.2, 0.25) is 0 Å². The number of halogens is 2. The van der Waals surface area contributed by atoms with Crippen LogP contribution >= 0.6 is 0 Å². The maximum Gasteiger partial charge on any atom is 0.223 e. The highest BCUT2D eigenvalue weighted by Crippen LogP contribution is 2.26. The molecule has 5 nitrogen and oxygen atoms in total. The lowest BCUT2D eigenvalue weighted by Crippen LogP contribution is -2.48. The van der Waals surface area contributed by atoms with Crippen molar-refractivity contribution in [2.24, 2.45) is 0 Å². The molecule has 1 amide bonds. The highest BCUT2D eigenvalue weighted by molar-refractivity contribution is 5.77. The number of nitrogens with zero attached hydrogens (tertiary/aromatic N) is 3. The van der Waals surface area contributed by atoms with Crippen LogP contribution in [0.25, 0.3) is 11.3 Å². The third kappa shape index (κ3) is 4.29. The van der Waals surface area contributed by atoms with Crippen LogP contribution in [0.15, 0.2) is 59.3 Å². The van der Waals surface area contributed by atoms with Crippen molar-refractivity contribution >= 4 is 11.6 Å². The number of hydrogen-bond donors (Lipinski definition) is 0. The van der Waals surface area contributed by atoms with Gasteiger partial charge in [-0.05, 0) is 42.8 Å². The van der Waals surface area contributed by atoms with E-state index in [-0.39, 0.29) is 17.5 Å². The fraction of sp³-hybridized carbons (Fsp3) is 0.273. The van der Waals surface area contributed by atoms with Crippen LogP contribution in [0.5, 0.6) is 0 Å². The van der Waals surface area contributed by atoms with Gasteiger partial charge >= 0.3 is 0 Å². The molecular formula is C22H21F2N3O2. The lowest BCUT2D eigenvalue weighted by Gasteiger charge is -2.36. The molecule has 1 aromatic heterocycles.